The van der Waals surface area contributed by atoms with Crippen LogP contribution in [-0.2, 0) is 0 Å². The van der Waals surface area contributed by atoms with Gasteiger partial charge in [-0.05, 0) is 37.9 Å². The van der Waals surface area contributed by atoms with E-state index in [4.69, 9.17) is 4.98 Å². The maximum Gasteiger partial charge on any atom is 0.186 e. The van der Waals surface area contributed by atoms with Crippen molar-refractivity contribution in [3.63, 3.8) is 0 Å². The van der Waals surface area contributed by atoms with Crippen LogP contribution in [0.5, 0.6) is 0 Å². The zero-order chi connectivity index (χ0) is 13.1. The van der Waals surface area contributed by atoms with Gasteiger partial charge in [0.1, 0.15) is 0 Å². The number of fused-ring (bicyclic) bond motifs is 1. The van der Waals surface area contributed by atoms with Crippen LogP contribution in [0, 0.1) is 0 Å². The number of hydrogen-bond acceptors (Lipinski definition) is 4. The van der Waals surface area contributed by atoms with Crippen LogP contribution in [0.2, 0.25) is 0 Å². The minimum Gasteiger partial charge on any atom is -0.347 e. The molecule has 1 aromatic heterocycles. The molecule has 0 saturated carbocycles. The van der Waals surface area contributed by atoms with Crippen LogP contribution in [0.4, 0.5) is 5.13 Å². The van der Waals surface area contributed by atoms with Crippen LogP contribution in [0.15, 0.2) is 24.3 Å². The number of anilines is 1. The van der Waals surface area contributed by atoms with Gasteiger partial charge in [0.2, 0.25) is 0 Å². The van der Waals surface area contributed by atoms with Crippen molar-refractivity contribution in [2.24, 2.45) is 0 Å². The lowest BCUT2D eigenvalue weighted by Crippen LogP contribution is -2.38. The predicted molar refractivity (Wildman–Crippen MR) is 83.1 cm³/mol. The number of nitrogens with one attached hydrogen (secondary N) is 1. The highest BCUT2D eigenvalue weighted by molar-refractivity contribution is 7.22. The average molecular weight is 275 g/mol. The topological polar surface area (TPSA) is 28.2 Å². The van der Waals surface area contributed by atoms with Crippen LogP contribution in [0.25, 0.3) is 10.2 Å². The van der Waals surface area contributed by atoms with Gasteiger partial charge in [-0.2, -0.15) is 0 Å². The second-order valence-electron chi connectivity index (χ2n) is 5.20. The summed E-state index contributed by atoms with van der Waals surface area (Å²) in [7, 11) is 0. The minimum atomic E-state index is 0.638. The second-order valence-corrected chi connectivity index (χ2v) is 6.21. The van der Waals surface area contributed by atoms with Crippen molar-refractivity contribution >= 4 is 26.7 Å². The van der Waals surface area contributed by atoms with E-state index in [1.54, 1.807) is 0 Å². The summed E-state index contributed by atoms with van der Waals surface area (Å²) < 4.78 is 1.29. The summed E-state index contributed by atoms with van der Waals surface area (Å²) in [4.78, 5) is 7.24. The lowest BCUT2D eigenvalue weighted by Gasteiger charge is -2.24. The summed E-state index contributed by atoms with van der Waals surface area (Å²) in [5.74, 6) is 0. The number of hydrogen-bond donors (Lipinski definition) is 1. The van der Waals surface area contributed by atoms with Crippen molar-refractivity contribution in [1.82, 2.24) is 10.3 Å². The molecule has 1 fully saturated rings. The Kier molecular flexibility index (Phi) is 3.99. The van der Waals surface area contributed by atoms with Crippen LogP contribution in [-0.4, -0.2) is 30.7 Å². The first kappa shape index (κ1) is 12.9. The highest BCUT2D eigenvalue weighted by Gasteiger charge is 2.19. The van der Waals surface area contributed by atoms with E-state index in [1.165, 1.54) is 35.6 Å². The third kappa shape index (κ3) is 2.90. The van der Waals surface area contributed by atoms with E-state index in [0.29, 0.717) is 6.04 Å². The van der Waals surface area contributed by atoms with Gasteiger partial charge >= 0.3 is 0 Å². The maximum absolute atomic E-state index is 4.79. The van der Waals surface area contributed by atoms with E-state index in [1.807, 2.05) is 11.3 Å². The summed E-state index contributed by atoms with van der Waals surface area (Å²) in [5, 5.41) is 4.76. The molecule has 2 aromatic rings. The summed E-state index contributed by atoms with van der Waals surface area (Å²) in [6.45, 7) is 5.60. The Morgan fingerprint density at radius 3 is 3.05 bits per heavy atom. The summed E-state index contributed by atoms with van der Waals surface area (Å²) in [5.41, 5.74) is 1.13. The molecular formula is C15H21N3S. The normalized spacial score (nSPS) is 19.1. The minimum absolute atomic E-state index is 0.638. The Bertz CT molecular complexity index is 498. The highest BCUT2D eigenvalue weighted by atomic mass is 32.1. The van der Waals surface area contributed by atoms with Crippen molar-refractivity contribution in [3.05, 3.63) is 24.3 Å². The van der Waals surface area contributed by atoms with Gasteiger partial charge in [-0.1, -0.05) is 30.4 Å². The Balaban J connectivity index is 1.81. The number of rotatable bonds is 5. The van der Waals surface area contributed by atoms with Crippen molar-refractivity contribution < 1.29 is 0 Å². The predicted octanol–water partition coefficient (Wildman–Crippen LogP) is 3.26. The summed E-state index contributed by atoms with van der Waals surface area (Å²) in [6.07, 6.45) is 3.78. The molecule has 0 radical (unpaired) electrons. The van der Waals surface area contributed by atoms with E-state index in [-0.39, 0.29) is 0 Å². The molecule has 0 bridgehead atoms. The zero-order valence-electron chi connectivity index (χ0n) is 11.4. The molecule has 1 aliphatic heterocycles. The molecule has 4 heteroatoms. The standard InChI is InChI=1S/C15H21N3S/c1-2-10-18(11-12-6-5-9-16-12)15-17-13-7-3-4-8-14(13)19-15/h3-4,7-8,12,16H,2,5-6,9-11H2,1H3. The van der Waals surface area contributed by atoms with Gasteiger partial charge in [-0.3, -0.25) is 0 Å². The van der Waals surface area contributed by atoms with Gasteiger partial charge in [0.05, 0.1) is 10.2 Å². The fourth-order valence-corrected chi connectivity index (χ4v) is 3.71. The lowest BCUT2D eigenvalue weighted by atomic mass is 10.2. The SMILES string of the molecule is CCCN(CC1CCCN1)c1nc2ccccc2s1. The van der Waals surface area contributed by atoms with Crippen LogP contribution in [0.3, 0.4) is 0 Å². The monoisotopic (exact) mass is 275 g/mol. The molecule has 1 N–H and O–H groups in total. The van der Waals surface area contributed by atoms with Gasteiger partial charge in [0.15, 0.2) is 5.13 Å². The molecular weight excluding hydrogens is 254 g/mol. The third-order valence-electron chi connectivity index (χ3n) is 3.65. The van der Waals surface area contributed by atoms with Gasteiger partial charge in [-0.15, -0.1) is 0 Å². The van der Waals surface area contributed by atoms with E-state index < -0.39 is 0 Å². The van der Waals surface area contributed by atoms with E-state index in [2.05, 4.69) is 41.4 Å². The molecule has 0 spiro atoms. The van der Waals surface area contributed by atoms with Crippen molar-refractivity contribution in [1.29, 1.82) is 0 Å². The summed E-state index contributed by atoms with van der Waals surface area (Å²) >= 11 is 1.82. The van der Waals surface area contributed by atoms with Crippen LogP contribution >= 0.6 is 11.3 Å². The van der Waals surface area contributed by atoms with Crippen LogP contribution < -0.4 is 10.2 Å². The molecule has 1 aliphatic rings. The first-order valence-electron chi connectivity index (χ1n) is 7.20. The molecule has 1 aromatic carbocycles. The molecule has 2 heterocycles. The quantitative estimate of drug-likeness (QED) is 0.908. The Hall–Kier alpha value is -1.13. The van der Waals surface area contributed by atoms with Gasteiger partial charge in [-0.25, -0.2) is 4.98 Å². The largest absolute Gasteiger partial charge is 0.347 e. The smallest absolute Gasteiger partial charge is 0.186 e. The highest BCUT2D eigenvalue weighted by Crippen LogP contribution is 2.29. The molecule has 102 valence electrons. The Morgan fingerprint density at radius 1 is 1.42 bits per heavy atom. The molecule has 1 atom stereocenters. The Morgan fingerprint density at radius 2 is 2.32 bits per heavy atom. The van der Waals surface area contributed by atoms with Gasteiger partial charge in [0, 0.05) is 19.1 Å². The Labute approximate surface area is 118 Å². The molecule has 1 unspecified atom stereocenters. The number of thiazole rings is 1. The van der Waals surface area contributed by atoms with Crippen molar-refractivity contribution in [2.75, 3.05) is 24.5 Å². The number of aromatic nitrogens is 1. The first-order valence-corrected chi connectivity index (χ1v) is 8.02. The van der Waals surface area contributed by atoms with Crippen molar-refractivity contribution in [3.8, 4) is 0 Å². The first-order chi connectivity index (χ1) is 9.36. The molecule has 19 heavy (non-hydrogen) atoms. The third-order valence-corrected chi connectivity index (χ3v) is 4.75. The fourth-order valence-electron chi connectivity index (χ4n) is 2.71. The van der Waals surface area contributed by atoms with Gasteiger partial charge in [0.25, 0.3) is 0 Å². The van der Waals surface area contributed by atoms with E-state index in [9.17, 15) is 0 Å². The van der Waals surface area contributed by atoms with Crippen LogP contribution in [0.1, 0.15) is 26.2 Å². The van der Waals surface area contributed by atoms with E-state index in [0.717, 1.165) is 18.6 Å². The molecule has 0 amide bonds. The number of benzene rings is 1. The summed E-state index contributed by atoms with van der Waals surface area (Å²) in [6, 6.07) is 9.06. The lowest BCUT2D eigenvalue weighted by molar-refractivity contribution is 0.578. The van der Waals surface area contributed by atoms with E-state index >= 15 is 0 Å². The molecule has 0 aliphatic carbocycles. The molecule has 3 rings (SSSR count). The zero-order valence-corrected chi connectivity index (χ0v) is 12.2. The average Bonchev–Trinajstić information content (AvgIpc) is 3.06. The number of nitrogens with zero attached hydrogens (tertiary/aromatic N) is 2. The fraction of sp³-hybridized carbons (Fsp3) is 0.533. The van der Waals surface area contributed by atoms with Gasteiger partial charge < -0.3 is 10.2 Å². The van der Waals surface area contributed by atoms with Crippen molar-refractivity contribution in [2.45, 2.75) is 32.2 Å². The maximum atomic E-state index is 4.79. The number of para-hydroxylation sites is 1. The molecule has 1 saturated heterocycles. The second kappa shape index (κ2) is 5.88. The molecule has 3 nitrogen and oxygen atoms in total.